The topological polar surface area (TPSA) is 296 Å². The third kappa shape index (κ3) is 14.2. The fourth-order valence-corrected chi connectivity index (χ4v) is 7.95. The van der Waals surface area contributed by atoms with Crippen molar-refractivity contribution in [3.05, 3.63) is 65.7 Å². The lowest BCUT2D eigenvalue weighted by Gasteiger charge is -2.43. The Balaban J connectivity index is 1.88. The fraction of sp³-hybridized carbons (Fsp3) is 0.543. The normalized spacial score (nSPS) is 25.4. The van der Waals surface area contributed by atoms with Crippen molar-refractivity contribution in [1.29, 1.82) is 0 Å². The summed E-state index contributed by atoms with van der Waals surface area (Å²) in [6, 6.07) is 4.67. The van der Waals surface area contributed by atoms with Gasteiger partial charge in [-0.05, 0) is 67.7 Å². The number of esters is 1. The summed E-state index contributed by atoms with van der Waals surface area (Å²) in [4.78, 5) is 127. The summed E-state index contributed by atoms with van der Waals surface area (Å²) in [6.07, 6.45) is -3.91. The number of aliphatic hydroxyl groups is 1. The van der Waals surface area contributed by atoms with Crippen molar-refractivity contribution in [3.8, 4) is 5.75 Å². The number of likely N-dealkylation sites (N-methyl/N-ethyl adjacent to an activating group) is 1. The van der Waals surface area contributed by atoms with Gasteiger partial charge in [0.1, 0.15) is 60.4 Å². The minimum absolute atomic E-state index is 0.0244. The number of nitrogens with two attached hydrogens (primary N) is 1. The number of rotatable bonds is 13. The number of aromatic hydroxyl groups is 1. The van der Waals surface area contributed by atoms with E-state index < -0.39 is 114 Å². The number of ether oxygens (including phenoxy) is 1. The van der Waals surface area contributed by atoms with Crippen molar-refractivity contribution in [2.24, 2.45) is 17.6 Å². The minimum atomic E-state index is -1.74. The first kappa shape index (κ1) is 52.1. The standard InChI is InChI=1S/C46H64N8O12/c1-24(2)21-33-41(60)49-32-18-20-37(58)54(44(32)63)35(23-28-11-9-8-10-12-28)45(64)53(7)34(22-29-13-15-30(56)16-14-29)42(61)51-38(25(3)4)46(65)66-26(5)39(43(62)50-33)52-40(59)31(48-27(6)55)17-19-36(47)57/h8-16,24-26,31-35,37-39,56,58H,17-23H2,1-7H3,(H2,47,57)(H,48,55)(H,49,60)(H,50,62)(H,51,61)(H,52,59)/t26?,31-,32-,33-,34-,35-,37+,38-,39?/m0/s1. The molecule has 2 aromatic rings. The first-order valence-corrected chi connectivity index (χ1v) is 22.1. The molecule has 8 amide bonds. The molecule has 0 aliphatic carbocycles. The second-order valence-corrected chi connectivity index (χ2v) is 17.7. The van der Waals surface area contributed by atoms with Gasteiger partial charge in [-0.15, -0.1) is 0 Å². The molecule has 2 unspecified atom stereocenters. The van der Waals surface area contributed by atoms with E-state index in [4.69, 9.17) is 10.5 Å². The SMILES string of the molecule is CC(=O)N[C@@H](CCC(N)=O)C(=O)NC1C(=O)N[C@@H](CC(C)C)C(=O)N[C@H]2CC[C@@H](O)N(C2=O)[C@@H](Cc2ccccc2)C(=O)N(C)[C@@H](Cc2ccc(O)cc2)C(=O)N[C@@H](C(C)C)C(=O)OC1C. The van der Waals surface area contributed by atoms with Gasteiger partial charge >= 0.3 is 5.97 Å². The van der Waals surface area contributed by atoms with E-state index in [1.165, 1.54) is 26.1 Å². The highest BCUT2D eigenvalue weighted by Crippen LogP contribution is 2.26. The van der Waals surface area contributed by atoms with Gasteiger partial charge in [0.15, 0.2) is 0 Å². The summed E-state index contributed by atoms with van der Waals surface area (Å²) in [5.74, 6) is -8.50. The lowest BCUT2D eigenvalue weighted by atomic mass is 9.95. The molecule has 4 rings (SSSR count). The highest BCUT2D eigenvalue weighted by atomic mass is 16.5. The zero-order valence-electron chi connectivity index (χ0n) is 38.4. The van der Waals surface area contributed by atoms with E-state index in [-0.39, 0.29) is 56.6 Å². The molecule has 2 fully saturated rings. The molecule has 2 aromatic carbocycles. The Kier molecular flexibility index (Phi) is 18.6. The molecule has 2 aliphatic heterocycles. The zero-order chi connectivity index (χ0) is 49.0. The van der Waals surface area contributed by atoms with Crippen LogP contribution in [0.5, 0.6) is 5.75 Å². The van der Waals surface area contributed by atoms with Crippen molar-refractivity contribution in [3.63, 3.8) is 0 Å². The van der Waals surface area contributed by atoms with Gasteiger partial charge < -0.3 is 57.1 Å². The Labute approximate surface area is 384 Å². The number of hydrogen-bond donors (Lipinski definition) is 8. The van der Waals surface area contributed by atoms with Crippen LogP contribution in [0.15, 0.2) is 54.6 Å². The van der Waals surface area contributed by atoms with Crippen molar-refractivity contribution in [1.82, 2.24) is 36.4 Å². The molecule has 2 aliphatic rings. The Hall–Kier alpha value is -6.57. The third-order valence-corrected chi connectivity index (χ3v) is 11.6. The molecule has 20 nitrogen and oxygen atoms in total. The van der Waals surface area contributed by atoms with Gasteiger partial charge in [-0.1, -0.05) is 70.2 Å². The first-order chi connectivity index (χ1) is 31.1. The monoisotopic (exact) mass is 920 g/mol. The summed E-state index contributed by atoms with van der Waals surface area (Å²) < 4.78 is 5.83. The number of cyclic esters (lactones) is 1. The molecule has 2 bridgehead atoms. The number of carbonyl (C=O) groups excluding carboxylic acids is 9. The van der Waals surface area contributed by atoms with E-state index in [0.717, 1.165) is 16.7 Å². The minimum Gasteiger partial charge on any atom is -0.508 e. The van der Waals surface area contributed by atoms with E-state index in [1.54, 1.807) is 70.2 Å². The van der Waals surface area contributed by atoms with Gasteiger partial charge in [0.25, 0.3) is 0 Å². The van der Waals surface area contributed by atoms with Gasteiger partial charge in [0.2, 0.25) is 47.3 Å². The van der Waals surface area contributed by atoms with Crippen LogP contribution >= 0.6 is 0 Å². The number of fused-ring (bicyclic) bond motifs is 2. The van der Waals surface area contributed by atoms with Crippen LogP contribution < -0.4 is 32.3 Å². The van der Waals surface area contributed by atoms with Gasteiger partial charge in [-0.25, -0.2) is 4.79 Å². The summed E-state index contributed by atoms with van der Waals surface area (Å²) >= 11 is 0. The summed E-state index contributed by atoms with van der Waals surface area (Å²) in [5.41, 5.74) is 6.44. The molecule has 0 radical (unpaired) electrons. The second kappa shape index (κ2) is 23.6. The lowest BCUT2D eigenvalue weighted by Crippen LogP contribution is -2.65. The Morgan fingerprint density at radius 2 is 1.45 bits per heavy atom. The lowest BCUT2D eigenvalue weighted by molar-refractivity contribution is -0.165. The smallest absolute Gasteiger partial charge is 0.329 e. The average molecular weight is 921 g/mol. The molecule has 9 atom stereocenters. The van der Waals surface area contributed by atoms with Gasteiger partial charge in [0.05, 0.1) is 0 Å². The Morgan fingerprint density at radius 3 is 2.05 bits per heavy atom. The molecule has 0 aromatic heterocycles. The molecule has 20 heteroatoms. The van der Waals surface area contributed by atoms with Crippen molar-refractivity contribution >= 4 is 53.2 Å². The van der Waals surface area contributed by atoms with Gasteiger partial charge in [-0.2, -0.15) is 0 Å². The Morgan fingerprint density at radius 1 is 0.833 bits per heavy atom. The summed E-state index contributed by atoms with van der Waals surface area (Å²) in [6.45, 7) is 9.23. The predicted octanol–water partition coefficient (Wildman–Crippen LogP) is -0.329. The molecular formula is C46H64N8O12. The zero-order valence-corrected chi connectivity index (χ0v) is 38.4. The Bertz CT molecular complexity index is 2080. The second-order valence-electron chi connectivity index (χ2n) is 17.7. The van der Waals surface area contributed by atoms with Crippen LogP contribution in [0, 0.1) is 11.8 Å². The molecule has 0 spiro atoms. The predicted molar refractivity (Wildman–Crippen MR) is 238 cm³/mol. The van der Waals surface area contributed by atoms with E-state index >= 15 is 0 Å². The first-order valence-electron chi connectivity index (χ1n) is 22.1. The quantitative estimate of drug-likeness (QED) is 0.120. The van der Waals surface area contributed by atoms with E-state index in [9.17, 15) is 53.4 Å². The van der Waals surface area contributed by atoms with E-state index in [0.29, 0.717) is 11.1 Å². The molecule has 9 N–H and O–H groups in total. The number of hydrogen-bond acceptors (Lipinski definition) is 12. The summed E-state index contributed by atoms with van der Waals surface area (Å²) in [7, 11) is 1.36. The maximum Gasteiger partial charge on any atom is 0.329 e. The van der Waals surface area contributed by atoms with Crippen LogP contribution in [0.3, 0.4) is 0 Å². The number of piperidine rings is 1. The van der Waals surface area contributed by atoms with Crippen LogP contribution in [0.4, 0.5) is 0 Å². The molecule has 0 saturated carbocycles. The number of amides is 8. The van der Waals surface area contributed by atoms with Crippen LogP contribution in [0.2, 0.25) is 0 Å². The van der Waals surface area contributed by atoms with E-state index in [2.05, 4.69) is 26.6 Å². The number of aliphatic hydroxyl groups excluding tert-OH is 1. The molecular weight excluding hydrogens is 857 g/mol. The molecule has 2 heterocycles. The van der Waals surface area contributed by atoms with Gasteiger partial charge in [-0.3, -0.25) is 38.4 Å². The van der Waals surface area contributed by atoms with Crippen molar-refractivity contribution < 1.29 is 58.1 Å². The number of nitrogens with zero attached hydrogens (tertiary/aromatic N) is 2. The molecule has 2 saturated heterocycles. The molecule has 66 heavy (non-hydrogen) atoms. The molecule has 360 valence electrons. The fourth-order valence-electron chi connectivity index (χ4n) is 7.95. The number of primary amides is 1. The van der Waals surface area contributed by atoms with Crippen LogP contribution in [-0.2, 0) is 60.7 Å². The maximum atomic E-state index is 15.0. The van der Waals surface area contributed by atoms with E-state index in [1.807, 2.05) is 0 Å². The van der Waals surface area contributed by atoms with Gasteiger partial charge in [0, 0.05) is 33.2 Å². The number of benzene rings is 2. The highest BCUT2D eigenvalue weighted by molar-refractivity contribution is 5.98. The van der Waals surface area contributed by atoms with Crippen LogP contribution in [0.1, 0.15) is 84.8 Å². The third-order valence-electron chi connectivity index (χ3n) is 11.6. The van der Waals surface area contributed by atoms with Crippen molar-refractivity contribution in [2.75, 3.05) is 7.05 Å². The number of carbonyl (C=O) groups is 9. The number of nitrogens with one attached hydrogen (secondary N) is 5. The van der Waals surface area contributed by atoms with Crippen LogP contribution in [-0.4, -0.2) is 135 Å². The largest absolute Gasteiger partial charge is 0.508 e. The highest BCUT2D eigenvalue weighted by Gasteiger charge is 2.46. The maximum absolute atomic E-state index is 15.0. The number of phenols is 1. The van der Waals surface area contributed by atoms with Crippen LogP contribution in [0.25, 0.3) is 0 Å². The van der Waals surface area contributed by atoms with Crippen molar-refractivity contribution in [2.45, 2.75) is 141 Å². The number of phenolic OH excluding ortho intramolecular Hbond substituents is 1. The average Bonchev–Trinajstić information content (AvgIpc) is 3.25. The summed E-state index contributed by atoms with van der Waals surface area (Å²) in [5, 5.41) is 34.5.